The molecule has 6 nitrogen and oxygen atoms in total. The minimum absolute atomic E-state index is 0.204. The second-order valence-electron chi connectivity index (χ2n) is 7.88. The third-order valence-electron chi connectivity index (χ3n) is 5.35. The zero-order chi connectivity index (χ0) is 21.3. The lowest BCUT2D eigenvalue weighted by Gasteiger charge is -2.22. The predicted molar refractivity (Wildman–Crippen MR) is 117 cm³/mol. The van der Waals surface area contributed by atoms with E-state index in [-0.39, 0.29) is 5.91 Å². The van der Waals surface area contributed by atoms with Gasteiger partial charge in [0.2, 0.25) is 0 Å². The number of carbonyl (C=O) groups excluding carboxylic acids is 1. The predicted octanol–water partition coefficient (Wildman–Crippen LogP) is 4.63. The molecule has 2 aromatic carbocycles. The number of rotatable bonds is 7. The molecule has 1 saturated heterocycles. The van der Waals surface area contributed by atoms with Crippen molar-refractivity contribution in [1.82, 2.24) is 0 Å². The number of carbonyl (C=O) groups is 1. The Kier molecular flexibility index (Phi) is 6.04. The van der Waals surface area contributed by atoms with Gasteiger partial charge in [0.15, 0.2) is 11.5 Å². The van der Waals surface area contributed by atoms with Gasteiger partial charge in [-0.1, -0.05) is 35.8 Å². The topological polar surface area (TPSA) is 57.2 Å². The maximum atomic E-state index is 13.3. The van der Waals surface area contributed by atoms with Crippen molar-refractivity contribution in [1.29, 1.82) is 0 Å². The van der Waals surface area contributed by atoms with Gasteiger partial charge in [-0.3, -0.25) is 4.79 Å². The zero-order valence-electron chi connectivity index (χ0n) is 17.4. The van der Waals surface area contributed by atoms with Crippen LogP contribution in [0.4, 0.5) is 5.69 Å². The molecule has 1 fully saturated rings. The minimum Gasteiger partial charge on any atom is -0.493 e. The Hall–Kier alpha value is -2.09. The minimum atomic E-state index is -1.34. The highest BCUT2D eigenvalue weighted by atomic mass is 79.9. The molecule has 4 rings (SSSR count). The highest BCUT2D eigenvalue weighted by molar-refractivity contribution is 9.10. The van der Waals surface area contributed by atoms with Crippen molar-refractivity contribution in [3.8, 4) is 11.5 Å². The summed E-state index contributed by atoms with van der Waals surface area (Å²) in [5.74, 6) is 0.386. The van der Waals surface area contributed by atoms with Gasteiger partial charge in [-0.2, -0.15) is 0 Å². The first-order valence-corrected chi connectivity index (χ1v) is 10.9. The number of hydrogen-bond donors (Lipinski definition) is 0. The van der Waals surface area contributed by atoms with E-state index in [1.807, 2.05) is 36.4 Å². The quantitative estimate of drug-likeness (QED) is 0.584. The van der Waals surface area contributed by atoms with E-state index in [0.717, 1.165) is 27.7 Å². The molecule has 0 radical (unpaired) electrons. The number of amides is 1. The lowest BCUT2D eigenvalue weighted by atomic mass is 10.1. The Morgan fingerprint density at radius 3 is 2.60 bits per heavy atom. The van der Waals surface area contributed by atoms with Gasteiger partial charge in [0.1, 0.15) is 0 Å². The number of methoxy groups -OCH3 is 1. The van der Waals surface area contributed by atoms with Gasteiger partial charge in [-0.25, -0.2) is 0 Å². The molecule has 7 heteroatoms. The van der Waals surface area contributed by atoms with E-state index in [0.29, 0.717) is 43.8 Å². The van der Waals surface area contributed by atoms with Crippen LogP contribution in [0.2, 0.25) is 0 Å². The van der Waals surface area contributed by atoms with E-state index in [1.165, 1.54) is 0 Å². The number of halogens is 1. The molecule has 160 valence electrons. The molecule has 0 unspecified atom stereocenters. The van der Waals surface area contributed by atoms with Gasteiger partial charge in [0.05, 0.1) is 39.2 Å². The number of anilines is 1. The molecule has 2 aliphatic heterocycles. The van der Waals surface area contributed by atoms with Gasteiger partial charge in [-0.05, 0) is 48.2 Å². The van der Waals surface area contributed by atoms with Crippen LogP contribution >= 0.6 is 15.9 Å². The highest BCUT2D eigenvalue weighted by Gasteiger charge is 2.56. The van der Waals surface area contributed by atoms with Crippen LogP contribution in [0.15, 0.2) is 40.9 Å². The van der Waals surface area contributed by atoms with Gasteiger partial charge in [-0.15, -0.1) is 0 Å². The van der Waals surface area contributed by atoms with Crippen molar-refractivity contribution >= 4 is 27.5 Å². The Morgan fingerprint density at radius 1 is 1.13 bits per heavy atom. The molecule has 0 bridgehead atoms. The summed E-state index contributed by atoms with van der Waals surface area (Å²) < 4.78 is 23.9. The van der Waals surface area contributed by atoms with E-state index < -0.39 is 5.79 Å². The molecule has 1 spiro atoms. The Morgan fingerprint density at radius 2 is 1.90 bits per heavy atom. The standard InChI is InChI=1S/C23H26BrNO5/c1-15(2)8-9-28-20-7-4-16(12-21(20)27-3)14-25-19-6-5-17(24)13-18(19)23(22(25)26)29-10-11-30-23/h4-7,12-13,15H,8-11,14H2,1-3H3. The third kappa shape index (κ3) is 3.82. The van der Waals surface area contributed by atoms with Crippen LogP contribution in [0, 0.1) is 5.92 Å². The van der Waals surface area contributed by atoms with Crippen molar-refractivity contribution < 1.29 is 23.7 Å². The van der Waals surface area contributed by atoms with Crippen LogP contribution in [0.5, 0.6) is 11.5 Å². The lowest BCUT2D eigenvalue weighted by molar-refractivity contribution is -0.180. The summed E-state index contributed by atoms with van der Waals surface area (Å²) in [6, 6.07) is 11.5. The molecular formula is C23H26BrNO5. The number of benzene rings is 2. The second-order valence-corrected chi connectivity index (χ2v) is 8.80. The summed E-state index contributed by atoms with van der Waals surface area (Å²) in [5, 5.41) is 0. The van der Waals surface area contributed by atoms with Gasteiger partial charge in [0, 0.05) is 10.0 Å². The Labute approximate surface area is 185 Å². The number of nitrogens with zero attached hydrogens (tertiary/aromatic N) is 1. The smallest absolute Gasteiger partial charge is 0.292 e. The van der Waals surface area contributed by atoms with E-state index in [2.05, 4.69) is 29.8 Å². The Balaban J connectivity index is 1.59. The van der Waals surface area contributed by atoms with E-state index in [4.69, 9.17) is 18.9 Å². The van der Waals surface area contributed by atoms with Crippen molar-refractivity contribution in [2.45, 2.75) is 32.6 Å². The molecule has 0 atom stereocenters. The molecule has 0 aromatic heterocycles. The van der Waals surface area contributed by atoms with E-state index >= 15 is 0 Å². The maximum Gasteiger partial charge on any atom is 0.292 e. The fourth-order valence-electron chi connectivity index (χ4n) is 3.77. The van der Waals surface area contributed by atoms with E-state index in [1.54, 1.807) is 12.0 Å². The highest BCUT2D eigenvalue weighted by Crippen LogP contribution is 2.47. The number of fused-ring (bicyclic) bond motifs is 2. The van der Waals surface area contributed by atoms with Crippen LogP contribution in [-0.4, -0.2) is 32.8 Å². The average Bonchev–Trinajstić information content (AvgIpc) is 3.30. The molecule has 0 saturated carbocycles. The van der Waals surface area contributed by atoms with Gasteiger partial charge >= 0.3 is 0 Å². The number of ether oxygens (including phenoxy) is 4. The third-order valence-corrected chi connectivity index (χ3v) is 5.84. The molecule has 30 heavy (non-hydrogen) atoms. The Bertz CT molecular complexity index is 939. The first-order chi connectivity index (χ1) is 14.4. The summed E-state index contributed by atoms with van der Waals surface area (Å²) in [5.41, 5.74) is 2.46. The fourth-order valence-corrected chi connectivity index (χ4v) is 4.14. The first kappa shape index (κ1) is 21.2. The van der Waals surface area contributed by atoms with Gasteiger partial charge < -0.3 is 23.8 Å². The average molecular weight is 476 g/mol. The largest absolute Gasteiger partial charge is 0.493 e. The van der Waals surface area contributed by atoms with Crippen molar-refractivity contribution in [2.24, 2.45) is 5.92 Å². The molecule has 2 aromatic rings. The monoisotopic (exact) mass is 475 g/mol. The first-order valence-electron chi connectivity index (χ1n) is 10.1. The van der Waals surface area contributed by atoms with Crippen LogP contribution in [-0.2, 0) is 26.6 Å². The van der Waals surface area contributed by atoms with Crippen LogP contribution < -0.4 is 14.4 Å². The summed E-state index contributed by atoms with van der Waals surface area (Å²) in [7, 11) is 1.62. The summed E-state index contributed by atoms with van der Waals surface area (Å²) in [6.45, 7) is 6.13. The lowest BCUT2D eigenvalue weighted by Crippen LogP contribution is -2.40. The molecule has 0 aliphatic carbocycles. The van der Waals surface area contributed by atoms with Crippen LogP contribution in [0.3, 0.4) is 0 Å². The molecule has 2 aliphatic rings. The fraction of sp³-hybridized carbons (Fsp3) is 0.435. The normalized spacial score (nSPS) is 17.1. The maximum absolute atomic E-state index is 13.3. The summed E-state index contributed by atoms with van der Waals surface area (Å²) >= 11 is 3.49. The molecule has 2 heterocycles. The SMILES string of the molecule is COc1cc(CN2C(=O)C3(OCCO3)c3cc(Br)ccc32)ccc1OCCC(C)C. The van der Waals surface area contributed by atoms with Crippen molar-refractivity contribution in [3.63, 3.8) is 0 Å². The van der Waals surface area contributed by atoms with E-state index in [9.17, 15) is 4.79 Å². The summed E-state index contributed by atoms with van der Waals surface area (Å²) in [6.07, 6.45) is 0.974. The molecule has 1 amide bonds. The van der Waals surface area contributed by atoms with Crippen LogP contribution in [0.25, 0.3) is 0 Å². The second kappa shape index (κ2) is 8.57. The summed E-state index contributed by atoms with van der Waals surface area (Å²) in [4.78, 5) is 15.0. The van der Waals surface area contributed by atoms with Crippen LogP contribution in [0.1, 0.15) is 31.4 Å². The van der Waals surface area contributed by atoms with Crippen molar-refractivity contribution in [3.05, 3.63) is 52.0 Å². The molecular weight excluding hydrogens is 450 g/mol. The van der Waals surface area contributed by atoms with Gasteiger partial charge in [0.25, 0.3) is 11.7 Å². The zero-order valence-corrected chi connectivity index (χ0v) is 19.0. The van der Waals surface area contributed by atoms with Crippen molar-refractivity contribution in [2.75, 3.05) is 31.8 Å². The number of hydrogen-bond acceptors (Lipinski definition) is 5. The molecule has 0 N–H and O–H groups in total.